The second-order valence-corrected chi connectivity index (χ2v) is 9.51. The van der Waals surface area contributed by atoms with Crippen molar-refractivity contribution in [3.8, 4) is 0 Å². The standard InChI is InChI=1S/C20H34N4O2S/c1-5-21-20(22-15-17(4)18-9-7-8-16(3)14-18)23-19-10-12-24(13-11-19)27(25,26)6-2/h7-9,14,17,19H,5-6,10-13,15H2,1-4H3,(H2,21,22,23). The molecule has 0 amide bonds. The van der Waals surface area contributed by atoms with E-state index in [-0.39, 0.29) is 11.8 Å². The molecular formula is C20H34N4O2S. The molecule has 0 aromatic heterocycles. The Morgan fingerprint density at radius 1 is 1.30 bits per heavy atom. The van der Waals surface area contributed by atoms with Gasteiger partial charge in [-0.1, -0.05) is 36.8 Å². The fraction of sp³-hybridized carbons (Fsp3) is 0.650. The van der Waals surface area contributed by atoms with Gasteiger partial charge in [-0.25, -0.2) is 12.7 Å². The van der Waals surface area contributed by atoms with Gasteiger partial charge in [0.15, 0.2) is 5.96 Å². The largest absolute Gasteiger partial charge is 0.357 e. The molecule has 1 atom stereocenters. The van der Waals surface area contributed by atoms with Gasteiger partial charge in [0.25, 0.3) is 0 Å². The van der Waals surface area contributed by atoms with Crippen molar-refractivity contribution >= 4 is 16.0 Å². The number of nitrogens with zero attached hydrogens (tertiary/aromatic N) is 2. The summed E-state index contributed by atoms with van der Waals surface area (Å²) in [6, 6.07) is 8.81. The van der Waals surface area contributed by atoms with Gasteiger partial charge >= 0.3 is 0 Å². The van der Waals surface area contributed by atoms with Gasteiger partial charge in [-0.2, -0.15) is 0 Å². The van der Waals surface area contributed by atoms with E-state index in [0.29, 0.717) is 25.6 Å². The average molecular weight is 395 g/mol. The predicted molar refractivity (Wildman–Crippen MR) is 113 cm³/mol. The molecule has 0 saturated carbocycles. The van der Waals surface area contributed by atoms with Crippen LogP contribution in [0.25, 0.3) is 0 Å². The lowest BCUT2D eigenvalue weighted by molar-refractivity contribution is 0.306. The molecule has 0 aliphatic carbocycles. The smallest absolute Gasteiger partial charge is 0.213 e. The Kier molecular flexibility index (Phi) is 8.10. The summed E-state index contributed by atoms with van der Waals surface area (Å²) < 4.78 is 25.6. The monoisotopic (exact) mass is 394 g/mol. The van der Waals surface area contributed by atoms with Gasteiger partial charge in [0.2, 0.25) is 10.0 Å². The summed E-state index contributed by atoms with van der Waals surface area (Å²) in [7, 11) is -3.08. The Hall–Kier alpha value is -1.60. The van der Waals surface area contributed by atoms with E-state index in [4.69, 9.17) is 4.99 Å². The first-order chi connectivity index (χ1) is 12.9. The zero-order valence-corrected chi connectivity index (χ0v) is 17.8. The maximum Gasteiger partial charge on any atom is 0.213 e. The van der Waals surface area contributed by atoms with E-state index in [9.17, 15) is 8.42 Å². The highest BCUT2D eigenvalue weighted by molar-refractivity contribution is 7.89. The number of benzene rings is 1. The summed E-state index contributed by atoms with van der Waals surface area (Å²) in [6.07, 6.45) is 1.61. The van der Waals surface area contributed by atoms with Crippen molar-refractivity contribution in [3.63, 3.8) is 0 Å². The number of aliphatic imine (C=N–C) groups is 1. The molecule has 2 rings (SSSR count). The predicted octanol–water partition coefficient (Wildman–Crippen LogP) is 2.47. The second-order valence-electron chi connectivity index (χ2n) is 7.25. The number of hydrogen-bond donors (Lipinski definition) is 2. The first kappa shape index (κ1) is 21.7. The van der Waals surface area contributed by atoms with Crippen molar-refractivity contribution in [3.05, 3.63) is 35.4 Å². The number of rotatable bonds is 7. The molecule has 1 saturated heterocycles. The molecule has 0 bridgehead atoms. The van der Waals surface area contributed by atoms with E-state index in [0.717, 1.165) is 25.3 Å². The maximum absolute atomic E-state index is 12.0. The van der Waals surface area contributed by atoms with E-state index < -0.39 is 10.0 Å². The first-order valence-corrected chi connectivity index (χ1v) is 11.6. The summed E-state index contributed by atoms with van der Waals surface area (Å²) in [6.45, 7) is 10.7. The van der Waals surface area contributed by atoms with Crippen LogP contribution in [-0.4, -0.2) is 56.7 Å². The number of nitrogens with one attached hydrogen (secondary N) is 2. The van der Waals surface area contributed by atoms with Crippen LogP contribution < -0.4 is 10.6 Å². The van der Waals surface area contributed by atoms with Crippen molar-refractivity contribution in [2.45, 2.75) is 52.5 Å². The molecular weight excluding hydrogens is 360 g/mol. The minimum Gasteiger partial charge on any atom is -0.357 e. The van der Waals surface area contributed by atoms with Crippen LogP contribution in [0.15, 0.2) is 29.3 Å². The summed E-state index contributed by atoms with van der Waals surface area (Å²) in [5, 5.41) is 6.79. The zero-order valence-electron chi connectivity index (χ0n) is 17.0. The Morgan fingerprint density at radius 2 is 2.00 bits per heavy atom. The van der Waals surface area contributed by atoms with Crippen molar-refractivity contribution in [2.24, 2.45) is 4.99 Å². The number of guanidine groups is 1. The van der Waals surface area contributed by atoms with Crippen LogP contribution in [0.2, 0.25) is 0 Å². The Balaban J connectivity index is 1.92. The molecule has 1 aliphatic heterocycles. The highest BCUT2D eigenvalue weighted by Gasteiger charge is 2.27. The Labute approximate surface area is 164 Å². The van der Waals surface area contributed by atoms with Gasteiger partial charge in [-0.3, -0.25) is 4.99 Å². The summed E-state index contributed by atoms with van der Waals surface area (Å²) in [4.78, 5) is 4.76. The summed E-state index contributed by atoms with van der Waals surface area (Å²) in [5.41, 5.74) is 2.56. The molecule has 1 aromatic rings. The van der Waals surface area contributed by atoms with Gasteiger partial charge in [0, 0.05) is 38.1 Å². The van der Waals surface area contributed by atoms with Crippen LogP contribution in [0.4, 0.5) is 0 Å². The molecule has 1 heterocycles. The zero-order chi connectivity index (χ0) is 19.9. The molecule has 1 fully saturated rings. The van der Waals surface area contributed by atoms with Crippen LogP contribution >= 0.6 is 0 Å². The molecule has 7 heteroatoms. The molecule has 2 N–H and O–H groups in total. The molecule has 1 aliphatic rings. The molecule has 0 spiro atoms. The van der Waals surface area contributed by atoms with E-state index in [2.05, 4.69) is 55.7 Å². The van der Waals surface area contributed by atoms with Crippen molar-refractivity contribution in [2.75, 3.05) is 31.9 Å². The highest BCUT2D eigenvalue weighted by atomic mass is 32.2. The van der Waals surface area contributed by atoms with Crippen molar-refractivity contribution in [1.82, 2.24) is 14.9 Å². The Morgan fingerprint density at radius 3 is 2.59 bits per heavy atom. The van der Waals surface area contributed by atoms with Gasteiger partial charge in [0.05, 0.1) is 5.75 Å². The third kappa shape index (κ3) is 6.50. The first-order valence-electron chi connectivity index (χ1n) is 9.95. The van der Waals surface area contributed by atoms with Gasteiger partial charge in [-0.05, 0) is 39.2 Å². The summed E-state index contributed by atoms with van der Waals surface area (Å²) in [5.74, 6) is 1.33. The molecule has 0 radical (unpaired) electrons. The molecule has 1 unspecified atom stereocenters. The Bertz CT molecular complexity index is 725. The molecule has 6 nitrogen and oxygen atoms in total. The third-order valence-electron chi connectivity index (χ3n) is 5.03. The lowest BCUT2D eigenvalue weighted by Gasteiger charge is -2.32. The number of sulfonamides is 1. The number of hydrogen-bond acceptors (Lipinski definition) is 3. The van der Waals surface area contributed by atoms with E-state index in [1.165, 1.54) is 11.1 Å². The average Bonchev–Trinajstić information content (AvgIpc) is 2.66. The lowest BCUT2D eigenvalue weighted by Crippen LogP contribution is -2.50. The summed E-state index contributed by atoms with van der Waals surface area (Å²) >= 11 is 0. The highest BCUT2D eigenvalue weighted by Crippen LogP contribution is 2.17. The SMILES string of the molecule is CCNC(=NCC(C)c1cccc(C)c1)NC1CCN(S(=O)(=O)CC)CC1. The van der Waals surface area contributed by atoms with Crippen LogP contribution in [0.3, 0.4) is 0 Å². The third-order valence-corrected chi connectivity index (χ3v) is 6.91. The van der Waals surface area contributed by atoms with Crippen LogP contribution in [-0.2, 0) is 10.0 Å². The van der Waals surface area contributed by atoms with Gasteiger partial charge in [-0.15, -0.1) is 0 Å². The van der Waals surface area contributed by atoms with Crippen LogP contribution in [0.5, 0.6) is 0 Å². The second kappa shape index (κ2) is 10.1. The van der Waals surface area contributed by atoms with Crippen molar-refractivity contribution in [1.29, 1.82) is 0 Å². The minimum absolute atomic E-state index is 0.173. The molecule has 1 aromatic carbocycles. The maximum atomic E-state index is 12.0. The van der Waals surface area contributed by atoms with E-state index in [1.54, 1.807) is 11.2 Å². The molecule has 152 valence electrons. The van der Waals surface area contributed by atoms with Crippen LogP contribution in [0, 0.1) is 6.92 Å². The van der Waals surface area contributed by atoms with E-state index >= 15 is 0 Å². The van der Waals surface area contributed by atoms with Gasteiger partial charge in [0.1, 0.15) is 0 Å². The van der Waals surface area contributed by atoms with Crippen molar-refractivity contribution < 1.29 is 8.42 Å². The quantitative estimate of drug-likeness (QED) is 0.550. The fourth-order valence-corrected chi connectivity index (χ4v) is 4.42. The van der Waals surface area contributed by atoms with E-state index in [1.807, 2.05) is 0 Å². The normalized spacial score (nSPS) is 18.3. The lowest BCUT2D eigenvalue weighted by atomic mass is 10.00. The topological polar surface area (TPSA) is 73.8 Å². The van der Waals surface area contributed by atoms with Crippen LogP contribution in [0.1, 0.15) is 50.7 Å². The minimum atomic E-state index is -3.08. The fourth-order valence-electron chi connectivity index (χ4n) is 3.28. The molecule has 27 heavy (non-hydrogen) atoms. The number of piperidine rings is 1. The van der Waals surface area contributed by atoms with Gasteiger partial charge < -0.3 is 10.6 Å². The number of aryl methyl sites for hydroxylation is 1.